The average molecular weight is 227 g/mol. The van der Waals surface area contributed by atoms with Crippen LogP contribution in [0.3, 0.4) is 0 Å². The summed E-state index contributed by atoms with van der Waals surface area (Å²) < 4.78 is 5.08. The number of aromatic amines is 1. The van der Waals surface area contributed by atoms with Gasteiger partial charge in [0.05, 0.1) is 19.5 Å². The Morgan fingerprint density at radius 2 is 2.38 bits per heavy atom. The molecule has 0 fully saturated rings. The van der Waals surface area contributed by atoms with E-state index in [0.717, 1.165) is 0 Å². The molecule has 1 aromatic heterocycles. The third-order valence-corrected chi connectivity index (χ3v) is 2.11. The summed E-state index contributed by atoms with van der Waals surface area (Å²) in [6.07, 6.45) is 1.40. The Bertz CT molecular complexity index is 393. The first-order valence-electron chi connectivity index (χ1n) is 4.76. The zero-order valence-electron chi connectivity index (χ0n) is 8.49. The summed E-state index contributed by atoms with van der Waals surface area (Å²) in [5, 5.41) is 13.9. The summed E-state index contributed by atoms with van der Waals surface area (Å²) in [5.74, 6) is -1.16. The number of anilines is 1. The second-order valence-corrected chi connectivity index (χ2v) is 3.45. The minimum Gasteiger partial charge on any atom is -0.394 e. The number of aliphatic hydroxyl groups is 1. The molecule has 0 aromatic carbocycles. The van der Waals surface area contributed by atoms with Gasteiger partial charge < -0.3 is 25.5 Å². The number of nitrogens with zero attached hydrogens (tertiary/aromatic N) is 1. The highest BCUT2D eigenvalue weighted by Gasteiger charge is 2.35. The van der Waals surface area contributed by atoms with E-state index in [1.165, 1.54) is 6.33 Å². The first-order chi connectivity index (χ1) is 7.64. The van der Waals surface area contributed by atoms with Gasteiger partial charge >= 0.3 is 0 Å². The van der Waals surface area contributed by atoms with Crippen LogP contribution in [0.25, 0.3) is 0 Å². The number of aliphatic hydroxyl groups excluding tert-OH is 1. The lowest BCUT2D eigenvalue weighted by atomic mass is 10.2. The fourth-order valence-corrected chi connectivity index (χ4v) is 1.44. The Morgan fingerprint density at radius 3 is 3.12 bits per heavy atom. The standard InChI is InChI=1S/C8H13N5O3/c9-8(3-16-2-1-14)12-6-5(7(15)13-8)10-4-11-6/h4,12,14H,1-3,9H2,(H,10,11)(H,13,15). The molecule has 0 aliphatic carbocycles. The highest BCUT2D eigenvalue weighted by molar-refractivity contribution is 5.99. The third kappa shape index (κ3) is 1.98. The summed E-state index contributed by atoms with van der Waals surface area (Å²) >= 11 is 0. The number of aromatic nitrogens is 2. The topological polar surface area (TPSA) is 125 Å². The molecule has 0 saturated carbocycles. The molecule has 8 nitrogen and oxygen atoms in total. The average Bonchev–Trinajstić information content (AvgIpc) is 2.65. The molecule has 0 spiro atoms. The molecule has 0 radical (unpaired) electrons. The molecule has 1 amide bonds. The van der Waals surface area contributed by atoms with Crippen molar-refractivity contribution in [1.82, 2.24) is 15.3 Å². The van der Waals surface area contributed by atoms with Crippen LogP contribution in [0.4, 0.5) is 5.82 Å². The maximum absolute atomic E-state index is 11.6. The van der Waals surface area contributed by atoms with Crippen LogP contribution in [0.15, 0.2) is 6.33 Å². The van der Waals surface area contributed by atoms with Gasteiger partial charge in [0.15, 0.2) is 11.6 Å². The van der Waals surface area contributed by atoms with Gasteiger partial charge in [-0.15, -0.1) is 0 Å². The predicted octanol–water partition coefficient (Wildman–Crippen LogP) is -1.81. The smallest absolute Gasteiger partial charge is 0.274 e. The molecule has 88 valence electrons. The van der Waals surface area contributed by atoms with Gasteiger partial charge in [-0.1, -0.05) is 0 Å². The van der Waals surface area contributed by atoms with Crippen LogP contribution in [-0.2, 0) is 4.74 Å². The molecule has 16 heavy (non-hydrogen) atoms. The van der Waals surface area contributed by atoms with E-state index in [-0.39, 0.29) is 25.7 Å². The largest absolute Gasteiger partial charge is 0.394 e. The number of hydrogen-bond acceptors (Lipinski definition) is 6. The van der Waals surface area contributed by atoms with Crippen LogP contribution in [0.5, 0.6) is 0 Å². The highest BCUT2D eigenvalue weighted by atomic mass is 16.5. The molecule has 1 aliphatic rings. The Kier molecular flexibility index (Phi) is 2.77. The normalized spacial score (nSPS) is 23.5. The fourth-order valence-electron chi connectivity index (χ4n) is 1.44. The predicted molar refractivity (Wildman–Crippen MR) is 54.5 cm³/mol. The Hall–Kier alpha value is -1.64. The van der Waals surface area contributed by atoms with Crippen LogP contribution in [0, 0.1) is 0 Å². The zero-order chi connectivity index (χ0) is 11.6. The molecule has 1 atom stereocenters. The van der Waals surface area contributed by atoms with Crippen molar-refractivity contribution in [2.24, 2.45) is 5.73 Å². The van der Waals surface area contributed by atoms with Crippen molar-refractivity contribution in [1.29, 1.82) is 0 Å². The number of carbonyl (C=O) groups is 1. The van der Waals surface area contributed by atoms with Crippen LogP contribution >= 0.6 is 0 Å². The van der Waals surface area contributed by atoms with E-state index < -0.39 is 5.79 Å². The number of H-pyrrole nitrogens is 1. The van der Waals surface area contributed by atoms with Crippen LogP contribution < -0.4 is 16.4 Å². The van der Waals surface area contributed by atoms with Crippen molar-refractivity contribution in [2.75, 3.05) is 25.1 Å². The SMILES string of the molecule is NC1(COCCO)NC(=O)c2[nH]cnc2N1. The summed E-state index contributed by atoms with van der Waals surface area (Å²) in [4.78, 5) is 18.2. The number of hydrogen-bond donors (Lipinski definition) is 5. The van der Waals surface area contributed by atoms with E-state index in [0.29, 0.717) is 11.5 Å². The molecule has 2 rings (SSSR count). The number of imidazole rings is 1. The quantitative estimate of drug-likeness (QED) is 0.386. The van der Waals surface area contributed by atoms with E-state index in [1.54, 1.807) is 0 Å². The third-order valence-electron chi connectivity index (χ3n) is 2.11. The van der Waals surface area contributed by atoms with Gasteiger partial charge in [-0.05, 0) is 0 Å². The first kappa shape index (κ1) is 10.9. The lowest BCUT2D eigenvalue weighted by Gasteiger charge is -2.34. The maximum Gasteiger partial charge on any atom is 0.274 e. The number of nitrogens with one attached hydrogen (secondary N) is 3. The highest BCUT2D eigenvalue weighted by Crippen LogP contribution is 2.18. The second kappa shape index (κ2) is 4.08. The van der Waals surface area contributed by atoms with Crippen LogP contribution in [0.1, 0.15) is 10.5 Å². The summed E-state index contributed by atoms with van der Waals surface area (Å²) in [7, 11) is 0. The van der Waals surface area contributed by atoms with E-state index in [1.807, 2.05) is 0 Å². The van der Waals surface area contributed by atoms with Gasteiger partial charge in [-0.3, -0.25) is 10.5 Å². The van der Waals surface area contributed by atoms with E-state index in [4.69, 9.17) is 15.6 Å². The minimum atomic E-state index is -1.20. The zero-order valence-corrected chi connectivity index (χ0v) is 8.49. The molecule has 1 aliphatic heterocycles. The second-order valence-electron chi connectivity index (χ2n) is 3.45. The minimum absolute atomic E-state index is 0.0333. The number of amides is 1. The molecule has 8 heteroatoms. The molecular formula is C8H13N5O3. The van der Waals surface area contributed by atoms with Gasteiger partial charge in [0.25, 0.3) is 5.91 Å². The lowest BCUT2D eigenvalue weighted by molar-refractivity contribution is 0.0489. The Labute approximate surface area is 91.2 Å². The lowest BCUT2D eigenvalue weighted by Crippen LogP contribution is -2.66. The molecule has 1 aromatic rings. The molecule has 6 N–H and O–H groups in total. The summed E-state index contributed by atoms with van der Waals surface area (Å²) in [6, 6.07) is 0. The Balaban J connectivity index is 2.07. The van der Waals surface area contributed by atoms with Crippen molar-refractivity contribution in [3.63, 3.8) is 0 Å². The number of ether oxygens (including phenoxy) is 1. The summed E-state index contributed by atoms with van der Waals surface area (Å²) in [6.45, 7) is 0.0905. The molecule has 0 saturated heterocycles. The first-order valence-corrected chi connectivity index (χ1v) is 4.76. The van der Waals surface area contributed by atoms with Gasteiger partial charge in [-0.2, -0.15) is 0 Å². The van der Waals surface area contributed by atoms with Gasteiger partial charge in [0, 0.05) is 0 Å². The van der Waals surface area contributed by atoms with Gasteiger partial charge in [0.1, 0.15) is 12.3 Å². The molecule has 1 unspecified atom stereocenters. The monoisotopic (exact) mass is 227 g/mol. The number of rotatable bonds is 4. The number of nitrogens with two attached hydrogens (primary N) is 1. The molecule has 2 heterocycles. The van der Waals surface area contributed by atoms with E-state index >= 15 is 0 Å². The van der Waals surface area contributed by atoms with Gasteiger partial charge in [-0.25, -0.2) is 4.98 Å². The Morgan fingerprint density at radius 1 is 1.56 bits per heavy atom. The number of carbonyl (C=O) groups excluding carboxylic acids is 1. The van der Waals surface area contributed by atoms with Crippen LogP contribution in [-0.4, -0.2) is 46.6 Å². The summed E-state index contributed by atoms with van der Waals surface area (Å²) in [5.41, 5.74) is 6.20. The molecular weight excluding hydrogens is 214 g/mol. The van der Waals surface area contributed by atoms with E-state index in [2.05, 4.69) is 20.6 Å². The van der Waals surface area contributed by atoms with Gasteiger partial charge in [0.2, 0.25) is 0 Å². The fraction of sp³-hybridized carbons (Fsp3) is 0.500. The van der Waals surface area contributed by atoms with Crippen molar-refractivity contribution in [3.8, 4) is 0 Å². The van der Waals surface area contributed by atoms with E-state index in [9.17, 15) is 4.79 Å². The van der Waals surface area contributed by atoms with Crippen LogP contribution in [0.2, 0.25) is 0 Å². The maximum atomic E-state index is 11.6. The van der Waals surface area contributed by atoms with Crippen molar-refractivity contribution in [2.45, 2.75) is 5.79 Å². The van der Waals surface area contributed by atoms with Crippen molar-refractivity contribution >= 4 is 11.7 Å². The van der Waals surface area contributed by atoms with Crippen molar-refractivity contribution < 1.29 is 14.6 Å². The molecule has 0 bridgehead atoms. The number of fused-ring (bicyclic) bond motifs is 1. The van der Waals surface area contributed by atoms with Crippen molar-refractivity contribution in [3.05, 3.63) is 12.0 Å².